The molecule has 116 valence electrons. The van der Waals surface area contributed by atoms with Crippen LogP contribution >= 0.6 is 0 Å². The molecule has 2 heterocycles. The summed E-state index contributed by atoms with van der Waals surface area (Å²) in [6, 6.07) is 8.63. The van der Waals surface area contributed by atoms with Gasteiger partial charge in [0.05, 0.1) is 10.6 Å². The molecule has 0 aliphatic carbocycles. The van der Waals surface area contributed by atoms with E-state index in [0.29, 0.717) is 12.4 Å². The van der Waals surface area contributed by atoms with Crippen molar-refractivity contribution in [1.29, 1.82) is 0 Å². The van der Waals surface area contributed by atoms with Crippen LogP contribution in [0, 0.1) is 17.0 Å². The molecule has 2 N–H and O–H groups in total. The van der Waals surface area contributed by atoms with Crippen LogP contribution in [0.5, 0.6) is 0 Å². The van der Waals surface area contributed by atoms with Crippen LogP contribution in [0.2, 0.25) is 0 Å². The number of nitrogens with zero attached hydrogens (tertiary/aromatic N) is 3. The predicted molar refractivity (Wildman–Crippen MR) is 89.7 cm³/mol. The molecule has 0 fully saturated rings. The van der Waals surface area contributed by atoms with Crippen LogP contribution in [0.3, 0.4) is 0 Å². The van der Waals surface area contributed by atoms with Gasteiger partial charge in [0.15, 0.2) is 0 Å². The van der Waals surface area contributed by atoms with Crippen molar-refractivity contribution in [1.82, 2.24) is 4.98 Å². The molecule has 1 aromatic heterocycles. The van der Waals surface area contributed by atoms with E-state index >= 15 is 0 Å². The molecule has 0 unspecified atom stereocenters. The number of allylic oxidation sites excluding steroid dienone is 2. The standard InChI is InChI=1S/C17H16N4O2/c1-12-4-5-15(21(22)23)10-16(12)20-8-6-13(9-17(20)18)14-3-2-7-19-11-14/h2-7,9-11H,8,18H2,1H3. The van der Waals surface area contributed by atoms with Gasteiger partial charge in [-0.3, -0.25) is 15.1 Å². The van der Waals surface area contributed by atoms with E-state index in [1.165, 1.54) is 6.07 Å². The topological polar surface area (TPSA) is 85.3 Å². The van der Waals surface area contributed by atoms with E-state index in [2.05, 4.69) is 4.98 Å². The highest BCUT2D eigenvalue weighted by Gasteiger charge is 2.18. The molecule has 0 bridgehead atoms. The highest BCUT2D eigenvalue weighted by Crippen LogP contribution is 2.30. The third-order valence-electron chi connectivity index (χ3n) is 3.80. The molecule has 0 amide bonds. The van der Waals surface area contributed by atoms with Crippen molar-refractivity contribution in [3.63, 3.8) is 0 Å². The minimum Gasteiger partial charge on any atom is -0.385 e. The lowest BCUT2D eigenvalue weighted by Crippen LogP contribution is -2.30. The van der Waals surface area contributed by atoms with Crippen molar-refractivity contribution in [3.8, 4) is 0 Å². The summed E-state index contributed by atoms with van der Waals surface area (Å²) in [4.78, 5) is 16.6. The van der Waals surface area contributed by atoms with Crippen LogP contribution < -0.4 is 10.6 Å². The second-order valence-corrected chi connectivity index (χ2v) is 5.31. The van der Waals surface area contributed by atoms with E-state index in [0.717, 1.165) is 22.4 Å². The van der Waals surface area contributed by atoms with E-state index in [1.807, 2.05) is 36.1 Å². The molecule has 3 rings (SSSR count). The number of hydrogen-bond donors (Lipinski definition) is 1. The van der Waals surface area contributed by atoms with Crippen molar-refractivity contribution in [2.75, 3.05) is 11.4 Å². The fourth-order valence-corrected chi connectivity index (χ4v) is 2.57. The Morgan fingerprint density at radius 3 is 2.83 bits per heavy atom. The first-order valence-corrected chi connectivity index (χ1v) is 7.16. The van der Waals surface area contributed by atoms with E-state index in [-0.39, 0.29) is 5.69 Å². The van der Waals surface area contributed by atoms with Crippen LogP contribution in [0.1, 0.15) is 11.1 Å². The molecule has 0 radical (unpaired) electrons. The van der Waals surface area contributed by atoms with Gasteiger partial charge in [0.2, 0.25) is 0 Å². The molecule has 6 heteroatoms. The van der Waals surface area contributed by atoms with Crippen molar-refractivity contribution in [2.24, 2.45) is 5.73 Å². The average molecular weight is 308 g/mol. The van der Waals surface area contributed by atoms with Crippen LogP contribution in [-0.4, -0.2) is 16.5 Å². The van der Waals surface area contributed by atoms with Crippen LogP contribution in [-0.2, 0) is 0 Å². The van der Waals surface area contributed by atoms with E-state index in [4.69, 9.17) is 5.73 Å². The first-order chi connectivity index (χ1) is 11.1. The van der Waals surface area contributed by atoms with Gasteiger partial charge in [0, 0.05) is 31.1 Å². The van der Waals surface area contributed by atoms with Crippen molar-refractivity contribution >= 4 is 16.9 Å². The molecule has 2 aromatic rings. The lowest BCUT2D eigenvalue weighted by molar-refractivity contribution is -0.384. The SMILES string of the molecule is Cc1ccc([N+](=O)[O-])cc1N1CC=C(c2cccnc2)C=C1N. The average Bonchev–Trinajstić information content (AvgIpc) is 2.56. The van der Waals surface area contributed by atoms with Gasteiger partial charge in [-0.1, -0.05) is 18.2 Å². The fraction of sp³-hybridized carbons (Fsp3) is 0.118. The van der Waals surface area contributed by atoms with Crippen molar-refractivity contribution in [2.45, 2.75) is 6.92 Å². The zero-order valence-corrected chi connectivity index (χ0v) is 12.6. The second kappa shape index (κ2) is 5.92. The Kier molecular flexibility index (Phi) is 3.80. The molecular formula is C17H16N4O2. The van der Waals surface area contributed by atoms with Crippen LogP contribution in [0.4, 0.5) is 11.4 Å². The Balaban J connectivity index is 1.93. The van der Waals surface area contributed by atoms with Gasteiger partial charge in [-0.05, 0) is 35.8 Å². The van der Waals surface area contributed by atoms with Crippen LogP contribution in [0.15, 0.2) is 60.7 Å². The molecule has 0 atom stereocenters. The summed E-state index contributed by atoms with van der Waals surface area (Å²) in [7, 11) is 0. The van der Waals surface area contributed by atoms with Gasteiger partial charge in [-0.15, -0.1) is 0 Å². The van der Waals surface area contributed by atoms with Crippen molar-refractivity contribution < 1.29 is 4.92 Å². The van der Waals surface area contributed by atoms with Gasteiger partial charge in [-0.25, -0.2) is 0 Å². The molecule has 1 aliphatic heterocycles. The monoisotopic (exact) mass is 308 g/mol. The Hall–Kier alpha value is -3.15. The van der Waals surface area contributed by atoms with Gasteiger partial charge < -0.3 is 10.6 Å². The van der Waals surface area contributed by atoms with Gasteiger partial charge in [0.25, 0.3) is 5.69 Å². The van der Waals surface area contributed by atoms with E-state index < -0.39 is 4.92 Å². The molecule has 1 aromatic carbocycles. The minimum atomic E-state index is -0.399. The third-order valence-corrected chi connectivity index (χ3v) is 3.80. The van der Waals surface area contributed by atoms with Crippen molar-refractivity contribution in [3.05, 3.63) is 81.9 Å². The smallest absolute Gasteiger partial charge is 0.271 e. The minimum absolute atomic E-state index is 0.0560. The zero-order valence-electron chi connectivity index (χ0n) is 12.6. The maximum Gasteiger partial charge on any atom is 0.271 e. The Labute approximate surface area is 133 Å². The number of nitro groups is 1. The fourth-order valence-electron chi connectivity index (χ4n) is 2.57. The molecular weight excluding hydrogens is 292 g/mol. The Morgan fingerprint density at radius 1 is 1.35 bits per heavy atom. The zero-order chi connectivity index (χ0) is 16.4. The predicted octanol–water partition coefficient (Wildman–Crippen LogP) is 3.00. The number of aromatic nitrogens is 1. The summed E-state index contributed by atoms with van der Waals surface area (Å²) in [5.41, 5.74) is 9.91. The van der Waals surface area contributed by atoms with Gasteiger partial charge in [-0.2, -0.15) is 0 Å². The molecule has 23 heavy (non-hydrogen) atoms. The number of nitro benzene ring substituents is 1. The lowest BCUT2D eigenvalue weighted by atomic mass is 10.0. The first-order valence-electron chi connectivity index (χ1n) is 7.16. The number of non-ortho nitro benzene ring substituents is 1. The summed E-state index contributed by atoms with van der Waals surface area (Å²) in [5.74, 6) is 0.551. The van der Waals surface area contributed by atoms with E-state index in [9.17, 15) is 10.1 Å². The number of rotatable bonds is 3. The Morgan fingerprint density at radius 2 is 2.17 bits per heavy atom. The largest absolute Gasteiger partial charge is 0.385 e. The van der Waals surface area contributed by atoms with Crippen LogP contribution in [0.25, 0.3) is 5.57 Å². The first kappa shape index (κ1) is 14.8. The maximum absolute atomic E-state index is 11.0. The summed E-state index contributed by atoms with van der Waals surface area (Å²) in [6.07, 6.45) is 7.40. The van der Waals surface area contributed by atoms with E-state index in [1.54, 1.807) is 24.5 Å². The summed E-state index contributed by atoms with van der Waals surface area (Å²) < 4.78 is 0. The highest BCUT2D eigenvalue weighted by atomic mass is 16.6. The molecule has 0 saturated heterocycles. The summed E-state index contributed by atoms with van der Waals surface area (Å²) in [5, 5.41) is 11.0. The maximum atomic E-state index is 11.0. The molecule has 6 nitrogen and oxygen atoms in total. The number of nitrogens with two attached hydrogens (primary N) is 1. The third kappa shape index (κ3) is 2.91. The quantitative estimate of drug-likeness (QED) is 0.696. The highest BCUT2D eigenvalue weighted by molar-refractivity contribution is 5.78. The molecule has 0 saturated carbocycles. The molecule has 1 aliphatic rings. The lowest BCUT2D eigenvalue weighted by Gasteiger charge is -2.28. The number of aryl methyl sites for hydroxylation is 1. The number of benzene rings is 1. The Bertz CT molecular complexity index is 813. The van der Waals surface area contributed by atoms with Gasteiger partial charge in [0.1, 0.15) is 5.82 Å². The second-order valence-electron chi connectivity index (χ2n) is 5.31. The number of pyridine rings is 1. The van der Waals surface area contributed by atoms with Gasteiger partial charge >= 0.3 is 0 Å². The normalized spacial score (nSPS) is 14.2. The summed E-state index contributed by atoms with van der Waals surface area (Å²) >= 11 is 0. The number of anilines is 1. The number of hydrogen-bond acceptors (Lipinski definition) is 5. The summed E-state index contributed by atoms with van der Waals surface area (Å²) in [6.45, 7) is 2.46. The molecule has 0 spiro atoms.